The zero-order valence-corrected chi connectivity index (χ0v) is 47.3. The number of hydrogen-bond acceptors (Lipinski definition) is 4. The fraction of sp³-hybridized carbons (Fsp3) is 0. The Bertz CT molecular complexity index is 5250. The largest absolute Gasteiger partial charge is 0.455 e. The summed E-state index contributed by atoms with van der Waals surface area (Å²) < 4.78 is 12.1. The molecular weight excluding hydrogens is 1060 g/mol. The van der Waals surface area contributed by atoms with Crippen LogP contribution < -0.4 is 0 Å². The lowest BCUT2D eigenvalue weighted by Crippen LogP contribution is -2.05. The highest BCUT2D eigenvalue weighted by Gasteiger charge is 2.26. The van der Waals surface area contributed by atoms with Crippen molar-refractivity contribution in [2.75, 3.05) is 0 Å². The standard InChI is InChI=1S/C81H53N5O/c1-2-54(37-25-28-53-26-9-3-10-27-53)79-82-80(61-47-59(55-29-11-4-12-30-55)46-60(48-61)56-31-13-5-14-32-56)84-81(83-79)62-49-67(57-33-15-6-16-34-57)77(68(50-62)58-35-17-7-18-36-58)86-72-43-24-22-41-66(72)76-73(86)45-44-65-70-51-74-69(52-75(70)87-78(65)76)64-40-21-23-42-71(64)85(74)63-38-19-8-20-39-63/h2-52H,1H2/b28-25+,54-37+. The minimum atomic E-state index is 0.500. The molecule has 0 N–H and O–H groups in total. The number of benzene rings is 12. The van der Waals surface area contributed by atoms with Crippen molar-refractivity contribution in [1.29, 1.82) is 0 Å². The third-order valence-electron chi connectivity index (χ3n) is 16.7. The molecule has 0 aliphatic rings. The molecule has 0 bridgehead atoms. The summed E-state index contributed by atoms with van der Waals surface area (Å²) in [5, 5.41) is 6.59. The third-order valence-corrected chi connectivity index (χ3v) is 16.7. The Balaban J connectivity index is 0.953. The van der Waals surface area contributed by atoms with E-state index in [-0.39, 0.29) is 0 Å². The fourth-order valence-corrected chi connectivity index (χ4v) is 12.7. The fourth-order valence-electron chi connectivity index (χ4n) is 12.7. The Morgan fingerprint density at radius 1 is 0.368 bits per heavy atom. The summed E-state index contributed by atoms with van der Waals surface area (Å²) in [7, 11) is 0. The first-order valence-electron chi connectivity index (χ1n) is 29.4. The molecule has 6 nitrogen and oxygen atoms in total. The molecule has 0 fully saturated rings. The molecule has 0 aliphatic heterocycles. The number of rotatable bonds is 12. The van der Waals surface area contributed by atoms with Crippen LogP contribution in [0, 0.1) is 0 Å². The first-order valence-corrected chi connectivity index (χ1v) is 29.4. The predicted octanol–water partition coefficient (Wildman–Crippen LogP) is 21.3. The van der Waals surface area contributed by atoms with Gasteiger partial charge < -0.3 is 13.6 Å². The van der Waals surface area contributed by atoms with Crippen LogP contribution in [-0.2, 0) is 0 Å². The predicted molar refractivity (Wildman–Crippen MR) is 362 cm³/mol. The minimum Gasteiger partial charge on any atom is -0.455 e. The van der Waals surface area contributed by atoms with E-state index in [0.717, 1.165) is 138 Å². The van der Waals surface area contributed by atoms with Crippen molar-refractivity contribution in [2.45, 2.75) is 0 Å². The minimum absolute atomic E-state index is 0.500. The van der Waals surface area contributed by atoms with E-state index in [4.69, 9.17) is 19.4 Å². The number of hydrogen-bond donors (Lipinski definition) is 0. The van der Waals surface area contributed by atoms with Crippen molar-refractivity contribution < 1.29 is 4.42 Å². The summed E-state index contributed by atoms with van der Waals surface area (Å²) in [5.74, 6) is 1.56. The lowest BCUT2D eigenvalue weighted by Gasteiger charge is -2.21. The van der Waals surface area contributed by atoms with Crippen LogP contribution in [0.15, 0.2) is 314 Å². The summed E-state index contributed by atoms with van der Waals surface area (Å²) >= 11 is 0. The number of allylic oxidation sites excluding steroid dienone is 4. The molecule has 408 valence electrons. The van der Waals surface area contributed by atoms with Gasteiger partial charge in [0, 0.05) is 60.4 Å². The van der Waals surface area contributed by atoms with Gasteiger partial charge in [-0.3, -0.25) is 0 Å². The van der Waals surface area contributed by atoms with Crippen molar-refractivity contribution in [3.8, 4) is 78.7 Å². The maximum Gasteiger partial charge on any atom is 0.164 e. The quantitative estimate of drug-likeness (QED) is 0.114. The molecule has 0 spiro atoms. The number of nitrogens with zero attached hydrogens (tertiary/aromatic N) is 5. The Morgan fingerprint density at radius 3 is 1.47 bits per heavy atom. The van der Waals surface area contributed by atoms with Crippen LogP contribution in [-0.4, -0.2) is 24.1 Å². The zero-order chi connectivity index (χ0) is 57.8. The van der Waals surface area contributed by atoms with E-state index in [9.17, 15) is 0 Å². The van der Waals surface area contributed by atoms with Gasteiger partial charge in [0.25, 0.3) is 0 Å². The van der Waals surface area contributed by atoms with Crippen LogP contribution >= 0.6 is 0 Å². The highest BCUT2D eigenvalue weighted by Crippen LogP contribution is 2.47. The van der Waals surface area contributed by atoms with E-state index in [1.807, 2.05) is 48.6 Å². The van der Waals surface area contributed by atoms with Gasteiger partial charge in [0.15, 0.2) is 17.5 Å². The zero-order valence-electron chi connectivity index (χ0n) is 47.3. The van der Waals surface area contributed by atoms with Crippen molar-refractivity contribution in [2.24, 2.45) is 0 Å². The van der Waals surface area contributed by atoms with Crippen LogP contribution in [0.2, 0.25) is 0 Å². The Hall–Kier alpha value is -11.7. The molecule has 16 aromatic rings. The van der Waals surface area contributed by atoms with E-state index in [2.05, 4.69) is 277 Å². The first kappa shape index (κ1) is 51.0. The molecule has 4 heterocycles. The SMILES string of the molecule is C=C/C(=C\C=C\c1ccccc1)c1nc(-c2cc(-c3ccccc3)cc(-c3ccccc3)c2)nc(-c2cc(-c3ccccc3)c(-n3c4ccccc4c4c5oc6cc7c8ccccc8n(-c8ccccc8)c7cc6c5ccc43)c(-c3ccccc3)c2)n1. The molecule has 0 amide bonds. The number of para-hydroxylation sites is 3. The molecule has 0 aliphatic carbocycles. The molecule has 0 radical (unpaired) electrons. The van der Waals surface area contributed by atoms with Gasteiger partial charge in [-0.1, -0.05) is 237 Å². The van der Waals surface area contributed by atoms with Gasteiger partial charge in [0.05, 0.1) is 33.1 Å². The van der Waals surface area contributed by atoms with Crippen LogP contribution in [0.3, 0.4) is 0 Å². The van der Waals surface area contributed by atoms with Crippen molar-refractivity contribution in [3.05, 3.63) is 321 Å². The van der Waals surface area contributed by atoms with E-state index in [0.29, 0.717) is 17.5 Å². The molecule has 6 heteroatoms. The molecule has 0 saturated carbocycles. The van der Waals surface area contributed by atoms with Gasteiger partial charge in [0.1, 0.15) is 11.2 Å². The Kier molecular flexibility index (Phi) is 12.6. The van der Waals surface area contributed by atoms with Gasteiger partial charge >= 0.3 is 0 Å². The van der Waals surface area contributed by atoms with Crippen LogP contribution in [0.4, 0.5) is 0 Å². The smallest absolute Gasteiger partial charge is 0.164 e. The summed E-state index contributed by atoms with van der Waals surface area (Å²) in [6.07, 6.45) is 7.97. The van der Waals surface area contributed by atoms with E-state index in [1.54, 1.807) is 0 Å². The number of fused-ring (bicyclic) bond motifs is 10. The highest BCUT2D eigenvalue weighted by atomic mass is 16.3. The van der Waals surface area contributed by atoms with E-state index >= 15 is 0 Å². The summed E-state index contributed by atoms with van der Waals surface area (Å²) in [6.45, 7) is 4.33. The maximum atomic E-state index is 7.24. The monoisotopic (exact) mass is 1110 g/mol. The van der Waals surface area contributed by atoms with Gasteiger partial charge in [-0.2, -0.15) is 0 Å². The summed E-state index contributed by atoms with van der Waals surface area (Å²) in [6, 6.07) is 101. The average molecular weight is 1110 g/mol. The molecule has 4 aromatic heterocycles. The summed E-state index contributed by atoms with van der Waals surface area (Å²) in [4.78, 5) is 16.3. The lowest BCUT2D eigenvalue weighted by atomic mass is 9.92. The van der Waals surface area contributed by atoms with Crippen molar-refractivity contribution in [3.63, 3.8) is 0 Å². The van der Waals surface area contributed by atoms with Crippen LogP contribution in [0.5, 0.6) is 0 Å². The first-order chi connectivity index (χ1) is 43.1. The van der Waals surface area contributed by atoms with Gasteiger partial charge in [-0.15, -0.1) is 0 Å². The molecule has 0 unspecified atom stereocenters. The molecule has 12 aromatic carbocycles. The van der Waals surface area contributed by atoms with Crippen molar-refractivity contribution in [1.82, 2.24) is 24.1 Å². The third kappa shape index (κ3) is 9.03. The molecule has 0 atom stereocenters. The Labute approximate surface area is 502 Å². The van der Waals surface area contributed by atoms with Crippen molar-refractivity contribution >= 4 is 77.2 Å². The van der Waals surface area contributed by atoms with E-state index < -0.39 is 0 Å². The normalized spacial score (nSPS) is 12.0. The second-order valence-corrected chi connectivity index (χ2v) is 21.9. The molecule has 16 rings (SSSR count). The average Bonchev–Trinajstić information content (AvgIpc) is 1.64. The van der Waals surface area contributed by atoms with Crippen LogP contribution in [0.25, 0.3) is 156 Å². The maximum absolute atomic E-state index is 7.24. The molecule has 0 saturated heterocycles. The lowest BCUT2D eigenvalue weighted by molar-refractivity contribution is 0.673. The van der Waals surface area contributed by atoms with Gasteiger partial charge in [-0.05, 0) is 118 Å². The number of furan rings is 1. The second-order valence-electron chi connectivity index (χ2n) is 21.9. The van der Waals surface area contributed by atoms with Gasteiger partial charge in [-0.25, -0.2) is 15.0 Å². The second kappa shape index (κ2) is 21.5. The summed E-state index contributed by atoms with van der Waals surface area (Å²) in [5.41, 5.74) is 20.1. The Morgan fingerprint density at radius 2 is 0.874 bits per heavy atom. The topological polar surface area (TPSA) is 61.7 Å². The molecular formula is C81H53N5O. The van der Waals surface area contributed by atoms with Gasteiger partial charge in [0.2, 0.25) is 0 Å². The highest BCUT2D eigenvalue weighted by molar-refractivity contribution is 6.26. The van der Waals surface area contributed by atoms with E-state index in [1.165, 1.54) is 5.39 Å². The molecule has 87 heavy (non-hydrogen) atoms. The van der Waals surface area contributed by atoms with Crippen LogP contribution in [0.1, 0.15) is 11.4 Å². The number of aromatic nitrogens is 5.